The first-order chi connectivity index (χ1) is 19.4. The SMILES string of the molecule is CCOC(=O)c1c(-c2ccc(F)cc2)oc2ccc(OCCCCCCN3C(=O)C(=O)c4cc(F)ccc43)cc12. The molecule has 0 bridgehead atoms. The highest BCUT2D eigenvalue weighted by atomic mass is 19.1. The third kappa shape index (κ3) is 5.45. The van der Waals surface area contributed by atoms with E-state index in [0.717, 1.165) is 25.3 Å². The first kappa shape index (κ1) is 27.1. The van der Waals surface area contributed by atoms with Crippen LogP contribution in [0, 0.1) is 11.6 Å². The molecule has 0 atom stereocenters. The highest BCUT2D eigenvalue weighted by Gasteiger charge is 2.35. The molecule has 1 aliphatic rings. The van der Waals surface area contributed by atoms with Crippen molar-refractivity contribution in [1.82, 2.24) is 0 Å². The molecule has 1 aliphatic heterocycles. The maximum Gasteiger partial charge on any atom is 0.342 e. The standard InChI is InChI=1S/C31H27F2NO6/c1-2-38-31(37)27-24-18-22(12-14-26(24)40-29(27)19-7-9-20(32)10-8-19)39-16-6-4-3-5-15-34-25-13-11-21(33)17-23(25)28(35)30(34)36/h7-14,17-18H,2-6,15-16H2,1H3. The lowest BCUT2D eigenvalue weighted by atomic mass is 10.1. The van der Waals surface area contributed by atoms with Crippen molar-refractivity contribution in [3.8, 4) is 17.1 Å². The lowest BCUT2D eigenvalue weighted by Crippen LogP contribution is -2.30. The fourth-order valence-electron chi connectivity index (χ4n) is 4.79. The van der Waals surface area contributed by atoms with Gasteiger partial charge in [0.05, 0.1) is 24.5 Å². The number of fused-ring (bicyclic) bond motifs is 2. The van der Waals surface area contributed by atoms with E-state index in [-0.39, 0.29) is 17.7 Å². The summed E-state index contributed by atoms with van der Waals surface area (Å²) >= 11 is 0. The number of ketones is 1. The van der Waals surface area contributed by atoms with E-state index in [1.54, 1.807) is 37.3 Å². The summed E-state index contributed by atoms with van der Waals surface area (Å²) in [5, 5.41) is 0.542. The van der Waals surface area contributed by atoms with E-state index in [4.69, 9.17) is 13.9 Å². The van der Waals surface area contributed by atoms with Gasteiger partial charge in [-0.2, -0.15) is 0 Å². The molecule has 3 aromatic carbocycles. The number of amides is 1. The molecule has 4 aromatic rings. The minimum absolute atomic E-state index is 0.115. The Kier molecular flexibility index (Phi) is 7.91. The van der Waals surface area contributed by atoms with Gasteiger partial charge in [0.1, 0.15) is 34.3 Å². The number of nitrogens with zero attached hydrogens (tertiary/aromatic N) is 1. The van der Waals surface area contributed by atoms with Gasteiger partial charge in [-0.3, -0.25) is 9.59 Å². The van der Waals surface area contributed by atoms with Crippen LogP contribution in [0.5, 0.6) is 5.75 Å². The third-order valence-electron chi connectivity index (χ3n) is 6.72. The molecule has 5 rings (SSSR count). The van der Waals surface area contributed by atoms with E-state index in [2.05, 4.69) is 0 Å². The van der Waals surface area contributed by atoms with Crippen molar-refractivity contribution >= 4 is 34.3 Å². The van der Waals surface area contributed by atoms with Crippen LogP contribution in [0.15, 0.2) is 65.1 Å². The summed E-state index contributed by atoms with van der Waals surface area (Å²) in [6, 6.07) is 14.7. The summed E-state index contributed by atoms with van der Waals surface area (Å²) in [7, 11) is 0. The smallest absolute Gasteiger partial charge is 0.342 e. The first-order valence-corrected chi connectivity index (χ1v) is 13.2. The molecule has 0 N–H and O–H groups in total. The van der Waals surface area contributed by atoms with Crippen LogP contribution in [0.1, 0.15) is 53.3 Å². The van der Waals surface area contributed by atoms with Gasteiger partial charge in [0, 0.05) is 17.5 Å². The van der Waals surface area contributed by atoms with Crippen LogP contribution in [0.3, 0.4) is 0 Å². The Morgan fingerprint density at radius 1 is 0.900 bits per heavy atom. The predicted molar refractivity (Wildman–Crippen MR) is 145 cm³/mol. The highest BCUT2D eigenvalue weighted by Crippen LogP contribution is 2.36. The maximum atomic E-state index is 13.5. The molecule has 206 valence electrons. The number of carbonyl (C=O) groups excluding carboxylic acids is 3. The number of esters is 1. The molecule has 0 saturated carbocycles. The van der Waals surface area contributed by atoms with Crippen molar-refractivity contribution in [2.45, 2.75) is 32.6 Å². The first-order valence-electron chi connectivity index (χ1n) is 13.2. The quantitative estimate of drug-likeness (QED) is 0.118. The molecule has 2 heterocycles. The van der Waals surface area contributed by atoms with Gasteiger partial charge in [-0.1, -0.05) is 12.8 Å². The zero-order chi connectivity index (χ0) is 28.2. The lowest BCUT2D eigenvalue weighted by Gasteiger charge is -2.16. The molecule has 1 amide bonds. The van der Waals surface area contributed by atoms with Crippen LogP contribution < -0.4 is 9.64 Å². The van der Waals surface area contributed by atoms with Crippen molar-refractivity contribution in [2.75, 3.05) is 24.7 Å². The summed E-state index contributed by atoms with van der Waals surface area (Å²) in [6.45, 7) is 2.73. The number of carbonyl (C=O) groups is 3. The normalized spacial score (nSPS) is 12.7. The molecule has 0 radical (unpaired) electrons. The van der Waals surface area contributed by atoms with Gasteiger partial charge in [-0.05, 0) is 80.4 Å². The molecule has 0 fully saturated rings. The molecule has 0 aliphatic carbocycles. The van der Waals surface area contributed by atoms with Gasteiger partial charge < -0.3 is 18.8 Å². The molecule has 40 heavy (non-hydrogen) atoms. The van der Waals surface area contributed by atoms with E-state index < -0.39 is 29.3 Å². The summed E-state index contributed by atoms with van der Waals surface area (Å²) in [4.78, 5) is 38.6. The number of Topliss-reactive ketones (excluding diaryl/α,β-unsaturated/α-hetero) is 1. The molecule has 7 nitrogen and oxygen atoms in total. The number of ether oxygens (including phenoxy) is 2. The molecular formula is C31H27F2NO6. The fourth-order valence-corrected chi connectivity index (χ4v) is 4.79. The molecule has 0 unspecified atom stereocenters. The number of unbranched alkanes of at least 4 members (excludes halogenated alkanes) is 3. The second kappa shape index (κ2) is 11.7. The number of hydrogen-bond donors (Lipinski definition) is 0. The highest BCUT2D eigenvalue weighted by molar-refractivity contribution is 6.52. The second-order valence-electron chi connectivity index (χ2n) is 9.40. The molecule has 9 heteroatoms. The van der Waals surface area contributed by atoms with Crippen molar-refractivity contribution in [3.05, 3.63) is 83.4 Å². The molecular weight excluding hydrogens is 520 g/mol. The van der Waals surface area contributed by atoms with Gasteiger partial charge >= 0.3 is 5.97 Å². The third-order valence-corrected chi connectivity index (χ3v) is 6.72. The Bertz CT molecular complexity index is 1580. The van der Waals surface area contributed by atoms with Crippen LogP contribution in [-0.2, 0) is 9.53 Å². The van der Waals surface area contributed by atoms with Crippen molar-refractivity contribution < 1.29 is 37.1 Å². The van der Waals surface area contributed by atoms with E-state index >= 15 is 0 Å². The Balaban J connectivity index is 1.17. The van der Waals surface area contributed by atoms with Crippen LogP contribution in [0.2, 0.25) is 0 Å². The van der Waals surface area contributed by atoms with Crippen LogP contribution in [-0.4, -0.2) is 37.4 Å². The monoisotopic (exact) mass is 547 g/mol. The Morgan fingerprint density at radius 3 is 2.42 bits per heavy atom. The summed E-state index contributed by atoms with van der Waals surface area (Å²) in [5.74, 6) is -1.90. The van der Waals surface area contributed by atoms with Gasteiger partial charge in [-0.15, -0.1) is 0 Å². The molecule has 1 aromatic heterocycles. The lowest BCUT2D eigenvalue weighted by molar-refractivity contribution is -0.114. The van der Waals surface area contributed by atoms with Gasteiger partial charge in [0.15, 0.2) is 0 Å². The Morgan fingerprint density at radius 2 is 1.65 bits per heavy atom. The number of benzene rings is 3. The van der Waals surface area contributed by atoms with Crippen molar-refractivity contribution in [3.63, 3.8) is 0 Å². The predicted octanol–water partition coefficient (Wildman–Crippen LogP) is 6.72. The van der Waals surface area contributed by atoms with Gasteiger partial charge in [-0.25, -0.2) is 13.6 Å². The zero-order valence-corrected chi connectivity index (χ0v) is 21.9. The van der Waals surface area contributed by atoms with E-state index in [1.807, 2.05) is 0 Å². The minimum Gasteiger partial charge on any atom is -0.494 e. The van der Waals surface area contributed by atoms with E-state index in [9.17, 15) is 23.2 Å². The van der Waals surface area contributed by atoms with E-state index in [1.165, 1.54) is 29.2 Å². The average Bonchev–Trinajstić information content (AvgIpc) is 3.43. The van der Waals surface area contributed by atoms with Crippen LogP contribution in [0.25, 0.3) is 22.3 Å². The largest absolute Gasteiger partial charge is 0.494 e. The summed E-state index contributed by atoms with van der Waals surface area (Å²) in [6.07, 6.45) is 3.09. The molecule has 0 spiro atoms. The number of anilines is 1. The summed E-state index contributed by atoms with van der Waals surface area (Å²) < 4.78 is 44.0. The van der Waals surface area contributed by atoms with Gasteiger partial charge in [0.25, 0.3) is 11.7 Å². The fraction of sp³-hybridized carbons (Fsp3) is 0.258. The number of hydrogen-bond acceptors (Lipinski definition) is 6. The van der Waals surface area contributed by atoms with Gasteiger partial charge in [0.2, 0.25) is 0 Å². The minimum atomic E-state index is -0.673. The second-order valence-corrected chi connectivity index (χ2v) is 9.40. The Labute approximate surface area is 229 Å². The number of rotatable bonds is 11. The average molecular weight is 548 g/mol. The maximum absolute atomic E-state index is 13.5. The zero-order valence-electron chi connectivity index (χ0n) is 21.9. The van der Waals surface area contributed by atoms with Crippen LogP contribution in [0.4, 0.5) is 14.5 Å². The van der Waals surface area contributed by atoms with Crippen LogP contribution >= 0.6 is 0 Å². The summed E-state index contributed by atoms with van der Waals surface area (Å²) in [5.41, 5.74) is 1.86. The van der Waals surface area contributed by atoms with Crippen molar-refractivity contribution in [1.29, 1.82) is 0 Å². The Hall–Kier alpha value is -4.53. The molecule has 0 saturated heterocycles. The topological polar surface area (TPSA) is 86.1 Å². The van der Waals surface area contributed by atoms with E-state index in [0.29, 0.717) is 53.3 Å². The number of furan rings is 1. The number of halogens is 2. The van der Waals surface area contributed by atoms with Crippen molar-refractivity contribution in [2.24, 2.45) is 0 Å².